The summed E-state index contributed by atoms with van der Waals surface area (Å²) >= 11 is 0. The molecule has 3 N–H and O–H groups in total. The van der Waals surface area contributed by atoms with Gasteiger partial charge in [0.15, 0.2) is 11.5 Å². The molecule has 3 rings (SSSR count). The number of ether oxygens (including phenoxy) is 1. The first-order valence-corrected chi connectivity index (χ1v) is 8.73. The Labute approximate surface area is 167 Å². The van der Waals surface area contributed by atoms with Gasteiger partial charge in [-0.05, 0) is 54.1 Å². The van der Waals surface area contributed by atoms with E-state index in [2.05, 4.69) is 15.8 Å². The van der Waals surface area contributed by atoms with Crippen molar-refractivity contribution in [2.45, 2.75) is 0 Å². The topological polar surface area (TPSA) is 100 Å². The molecule has 0 bridgehead atoms. The number of benzene rings is 3. The average molecular weight is 389 g/mol. The van der Waals surface area contributed by atoms with Crippen molar-refractivity contribution in [3.05, 3.63) is 89.5 Å². The Balaban J connectivity index is 1.64. The lowest BCUT2D eigenvalue weighted by Gasteiger charge is -2.07. The number of aromatic hydroxyl groups is 1. The molecule has 7 nitrogen and oxygen atoms in total. The van der Waals surface area contributed by atoms with Crippen molar-refractivity contribution < 1.29 is 19.4 Å². The summed E-state index contributed by atoms with van der Waals surface area (Å²) in [5, 5.41) is 16.3. The van der Waals surface area contributed by atoms with Gasteiger partial charge in [-0.25, -0.2) is 5.43 Å². The summed E-state index contributed by atoms with van der Waals surface area (Å²) in [6.45, 7) is 0. The van der Waals surface area contributed by atoms with E-state index in [0.29, 0.717) is 28.1 Å². The predicted octanol–water partition coefficient (Wildman–Crippen LogP) is 3.42. The highest BCUT2D eigenvalue weighted by atomic mass is 16.5. The molecule has 0 spiro atoms. The number of anilines is 1. The minimum Gasteiger partial charge on any atom is -0.504 e. The SMILES string of the molecule is COc1cc(/C=N\NC(=O)c2cccc(NC(=O)c3ccccc3)c2)ccc1O. The molecule has 0 saturated heterocycles. The van der Waals surface area contributed by atoms with Gasteiger partial charge in [0.1, 0.15) is 0 Å². The third kappa shape index (κ3) is 5.20. The predicted molar refractivity (Wildman–Crippen MR) is 111 cm³/mol. The summed E-state index contributed by atoms with van der Waals surface area (Å²) in [5.74, 6) is -0.365. The van der Waals surface area contributed by atoms with Gasteiger partial charge in [0.2, 0.25) is 0 Å². The summed E-state index contributed by atoms with van der Waals surface area (Å²) in [5.41, 5.74) is 4.44. The summed E-state index contributed by atoms with van der Waals surface area (Å²) in [4.78, 5) is 24.6. The summed E-state index contributed by atoms with van der Waals surface area (Å²) in [7, 11) is 1.45. The number of phenolic OH excluding ortho intramolecular Hbond substituents is 1. The van der Waals surface area contributed by atoms with E-state index in [1.54, 1.807) is 60.7 Å². The Morgan fingerprint density at radius 1 is 0.931 bits per heavy atom. The second kappa shape index (κ2) is 9.18. The van der Waals surface area contributed by atoms with Crippen LogP contribution in [0.1, 0.15) is 26.3 Å². The number of carbonyl (C=O) groups is 2. The number of nitrogens with one attached hydrogen (secondary N) is 2. The van der Waals surface area contributed by atoms with E-state index in [0.717, 1.165) is 0 Å². The Hall–Kier alpha value is -4.13. The number of carbonyl (C=O) groups excluding carboxylic acids is 2. The normalized spacial score (nSPS) is 10.5. The maximum atomic E-state index is 12.3. The van der Waals surface area contributed by atoms with Gasteiger partial charge in [0.25, 0.3) is 11.8 Å². The first kappa shape index (κ1) is 19.6. The van der Waals surface area contributed by atoms with Crippen LogP contribution in [0.2, 0.25) is 0 Å². The van der Waals surface area contributed by atoms with E-state index < -0.39 is 5.91 Å². The van der Waals surface area contributed by atoms with Crippen molar-refractivity contribution in [3.8, 4) is 11.5 Å². The van der Waals surface area contributed by atoms with Crippen LogP contribution in [-0.2, 0) is 0 Å². The van der Waals surface area contributed by atoms with Crippen molar-refractivity contribution in [2.24, 2.45) is 5.10 Å². The quantitative estimate of drug-likeness (QED) is 0.444. The molecule has 0 heterocycles. The van der Waals surface area contributed by atoms with Crippen LogP contribution in [0.3, 0.4) is 0 Å². The molecule has 7 heteroatoms. The fourth-order valence-electron chi connectivity index (χ4n) is 2.54. The summed E-state index contributed by atoms with van der Waals surface area (Å²) < 4.78 is 5.03. The second-order valence-electron chi connectivity index (χ2n) is 6.03. The number of amides is 2. The number of rotatable bonds is 6. The van der Waals surface area contributed by atoms with Crippen LogP contribution in [0.15, 0.2) is 77.9 Å². The van der Waals surface area contributed by atoms with Crippen molar-refractivity contribution in [1.82, 2.24) is 5.43 Å². The van der Waals surface area contributed by atoms with E-state index in [1.807, 2.05) is 6.07 Å². The van der Waals surface area contributed by atoms with Crippen molar-refractivity contribution in [3.63, 3.8) is 0 Å². The van der Waals surface area contributed by atoms with Gasteiger partial charge in [0.05, 0.1) is 13.3 Å². The molecule has 3 aromatic carbocycles. The summed E-state index contributed by atoms with van der Waals surface area (Å²) in [6.07, 6.45) is 1.43. The largest absolute Gasteiger partial charge is 0.504 e. The van der Waals surface area contributed by atoms with E-state index in [-0.39, 0.29) is 11.7 Å². The Kier molecular flexibility index (Phi) is 6.22. The number of hydrogen-bond acceptors (Lipinski definition) is 5. The van der Waals surface area contributed by atoms with Gasteiger partial charge in [-0.2, -0.15) is 5.10 Å². The zero-order chi connectivity index (χ0) is 20.6. The average Bonchev–Trinajstić information content (AvgIpc) is 2.75. The zero-order valence-corrected chi connectivity index (χ0v) is 15.6. The third-order valence-corrected chi connectivity index (χ3v) is 4.00. The first-order chi connectivity index (χ1) is 14.1. The van der Waals surface area contributed by atoms with Crippen molar-refractivity contribution in [1.29, 1.82) is 0 Å². The Morgan fingerprint density at radius 3 is 2.45 bits per heavy atom. The molecular formula is C22H19N3O4. The monoisotopic (exact) mass is 389 g/mol. The van der Waals surface area contributed by atoms with E-state index in [9.17, 15) is 14.7 Å². The van der Waals surface area contributed by atoms with Gasteiger partial charge in [-0.3, -0.25) is 9.59 Å². The van der Waals surface area contributed by atoms with Crippen LogP contribution in [0.4, 0.5) is 5.69 Å². The maximum Gasteiger partial charge on any atom is 0.271 e. The highest BCUT2D eigenvalue weighted by Gasteiger charge is 2.09. The van der Waals surface area contributed by atoms with Gasteiger partial charge < -0.3 is 15.2 Å². The molecule has 0 fully saturated rings. The van der Waals surface area contributed by atoms with Crippen LogP contribution < -0.4 is 15.5 Å². The molecule has 2 amide bonds. The van der Waals surface area contributed by atoms with Gasteiger partial charge in [-0.15, -0.1) is 0 Å². The third-order valence-electron chi connectivity index (χ3n) is 4.00. The highest BCUT2D eigenvalue weighted by Crippen LogP contribution is 2.25. The lowest BCUT2D eigenvalue weighted by Crippen LogP contribution is -2.18. The Morgan fingerprint density at radius 2 is 1.69 bits per heavy atom. The highest BCUT2D eigenvalue weighted by molar-refractivity contribution is 6.05. The fourth-order valence-corrected chi connectivity index (χ4v) is 2.54. The number of methoxy groups -OCH3 is 1. The van der Waals surface area contributed by atoms with Crippen LogP contribution >= 0.6 is 0 Å². The molecule has 0 aliphatic rings. The molecule has 0 aliphatic heterocycles. The number of hydrazone groups is 1. The molecule has 0 aromatic heterocycles. The van der Waals surface area contributed by atoms with Gasteiger partial charge >= 0.3 is 0 Å². The fraction of sp³-hybridized carbons (Fsp3) is 0.0455. The maximum absolute atomic E-state index is 12.3. The lowest BCUT2D eigenvalue weighted by molar-refractivity contribution is 0.0953. The van der Waals surface area contributed by atoms with Gasteiger partial charge in [0, 0.05) is 16.8 Å². The van der Waals surface area contributed by atoms with Crippen molar-refractivity contribution >= 4 is 23.7 Å². The number of phenols is 1. The zero-order valence-electron chi connectivity index (χ0n) is 15.6. The minimum absolute atomic E-state index is 0.0167. The second-order valence-corrected chi connectivity index (χ2v) is 6.03. The minimum atomic E-state index is -0.428. The van der Waals surface area contributed by atoms with E-state index in [4.69, 9.17) is 4.74 Å². The smallest absolute Gasteiger partial charge is 0.271 e. The molecule has 29 heavy (non-hydrogen) atoms. The first-order valence-electron chi connectivity index (χ1n) is 8.73. The molecule has 0 aliphatic carbocycles. The molecule has 0 atom stereocenters. The van der Waals surface area contributed by atoms with E-state index in [1.165, 1.54) is 19.4 Å². The summed E-state index contributed by atoms with van der Waals surface area (Å²) in [6, 6.07) is 20.0. The Bertz CT molecular complexity index is 1050. The van der Waals surface area contributed by atoms with Crippen molar-refractivity contribution in [2.75, 3.05) is 12.4 Å². The van der Waals surface area contributed by atoms with Crippen LogP contribution in [0.25, 0.3) is 0 Å². The standard InChI is InChI=1S/C22H19N3O4/c1-29-20-12-15(10-11-19(20)26)14-23-25-22(28)17-8-5-9-18(13-17)24-21(27)16-6-3-2-4-7-16/h2-14,26H,1H3,(H,24,27)(H,25,28)/b23-14-. The molecule has 146 valence electrons. The van der Waals surface area contributed by atoms with Crippen LogP contribution in [-0.4, -0.2) is 30.2 Å². The molecule has 0 unspecified atom stereocenters. The van der Waals surface area contributed by atoms with Crippen LogP contribution in [0.5, 0.6) is 11.5 Å². The number of nitrogens with zero attached hydrogens (tertiary/aromatic N) is 1. The van der Waals surface area contributed by atoms with Crippen LogP contribution in [0, 0.1) is 0 Å². The van der Waals surface area contributed by atoms with E-state index >= 15 is 0 Å². The molecule has 3 aromatic rings. The number of hydrogen-bond donors (Lipinski definition) is 3. The molecular weight excluding hydrogens is 370 g/mol. The molecule has 0 saturated carbocycles. The lowest BCUT2D eigenvalue weighted by atomic mass is 10.1. The molecule has 0 radical (unpaired) electrons. The van der Waals surface area contributed by atoms with Gasteiger partial charge in [-0.1, -0.05) is 24.3 Å².